The molecule has 1 unspecified atom stereocenters. The van der Waals surface area contributed by atoms with E-state index in [0.717, 1.165) is 18.7 Å². The summed E-state index contributed by atoms with van der Waals surface area (Å²) in [4.78, 5) is 4.28. The summed E-state index contributed by atoms with van der Waals surface area (Å²) in [5.74, 6) is 1.17. The number of aromatic nitrogens is 1. The Morgan fingerprint density at radius 2 is 2.36 bits per heavy atom. The molecule has 0 aliphatic carbocycles. The Bertz CT molecular complexity index is 238. The molecule has 0 fully saturated rings. The van der Waals surface area contributed by atoms with E-state index in [2.05, 4.69) is 29.5 Å². The van der Waals surface area contributed by atoms with Gasteiger partial charge in [0.25, 0.3) is 0 Å². The van der Waals surface area contributed by atoms with Gasteiger partial charge >= 0.3 is 0 Å². The van der Waals surface area contributed by atoms with Crippen LogP contribution in [0.4, 0.5) is 0 Å². The van der Waals surface area contributed by atoms with Gasteiger partial charge in [0.15, 0.2) is 0 Å². The standard InChI is InChI=1S/C11H18N2S/c1-10(9-14-2)12-8-6-11-5-3-4-7-13-11/h3-5,7,10,12H,6,8-9H2,1-2H3. The van der Waals surface area contributed by atoms with Crippen LogP contribution in [0.5, 0.6) is 0 Å². The second kappa shape index (κ2) is 6.85. The topological polar surface area (TPSA) is 24.9 Å². The minimum absolute atomic E-state index is 0.591. The van der Waals surface area contributed by atoms with Crippen molar-refractivity contribution in [2.45, 2.75) is 19.4 Å². The molecule has 1 aromatic heterocycles. The highest BCUT2D eigenvalue weighted by atomic mass is 32.2. The lowest BCUT2D eigenvalue weighted by molar-refractivity contribution is 0.594. The lowest BCUT2D eigenvalue weighted by atomic mass is 10.2. The number of rotatable bonds is 6. The van der Waals surface area contributed by atoms with Gasteiger partial charge in [0.05, 0.1) is 0 Å². The number of thioether (sulfide) groups is 1. The first-order chi connectivity index (χ1) is 6.83. The lowest BCUT2D eigenvalue weighted by Gasteiger charge is -2.11. The van der Waals surface area contributed by atoms with E-state index >= 15 is 0 Å². The van der Waals surface area contributed by atoms with Crippen molar-refractivity contribution in [2.75, 3.05) is 18.6 Å². The molecule has 0 aliphatic heterocycles. The molecule has 0 spiro atoms. The van der Waals surface area contributed by atoms with Crippen LogP contribution in [0.1, 0.15) is 12.6 Å². The highest BCUT2D eigenvalue weighted by Gasteiger charge is 1.99. The van der Waals surface area contributed by atoms with Gasteiger partial charge in [-0.2, -0.15) is 11.8 Å². The maximum atomic E-state index is 4.28. The van der Waals surface area contributed by atoms with Crippen LogP contribution in [-0.2, 0) is 6.42 Å². The van der Waals surface area contributed by atoms with Gasteiger partial charge in [-0.3, -0.25) is 4.98 Å². The van der Waals surface area contributed by atoms with Crippen molar-refractivity contribution in [3.8, 4) is 0 Å². The van der Waals surface area contributed by atoms with E-state index in [1.54, 1.807) is 0 Å². The van der Waals surface area contributed by atoms with Crippen molar-refractivity contribution >= 4 is 11.8 Å². The van der Waals surface area contributed by atoms with E-state index in [0.29, 0.717) is 6.04 Å². The van der Waals surface area contributed by atoms with Gasteiger partial charge in [-0.05, 0) is 25.3 Å². The molecule has 0 radical (unpaired) electrons. The Kier molecular flexibility index (Phi) is 5.64. The van der Waals surface area contributed by atoms with Crippen LogP contribution in [-0.4, -0.2) is 29.6 Å². The molecule has 0 amide bonds. The monoisotopic (exact) mass is 210 g/mol. The average Bonchev–Trinajstić information content (AvgIpc) is 2.20. The van der Waals surface area contributed by atoms with Crippen molar-refractivity contribution in [2.24, 2.45) is 0 Å². The SMILES string of the molecule is CSCC(C)NCCc1ccccn1. The van der Waals surface area contributed by atoms with Crippen molar-refractivity contribution in [1.29, 1.82) is 0 Å². The second-order valence-electron chi connectivity index (χ2n) is 3.38. The first kappa shape index (κ1) is 11.5. The first-order valence-corrected chi connectivity index (χ1v) is 6.34. The van der Waals surface area contributed by atoms with Gasteiger partial charge in [-0.15, -0.1) is 0 Å². The minimum atomic E-state index is 0.591. The molecular weight excluding hydrogens is 192 g/mol. The molecule has 1 atom stereocenters. The van der Waals surface area contributed by atoms with Gasteiger partial charge in [0, 0.05) is 36.7 Å². The normalized spacial score (nSPS) is 12.7. The molecule has 0 bridgehead atoms. The fraction of sp³-hybridized carbons (Fsp3) is 0.545. The third kappa shape index (κ3) is 4.63. The lowest BCUT2D eigenvalue weighted by Crippen LogP contribution is -2.30. The molecule has 0 saturated heterocycles. The molecule has 1 aromatic rings. The number of hydrogen-bond acceptors (Lipinski definition) is 3. The summed E-state index contributed by atoms with van der Waals surface area (Å²) in [6, 6.07) is 6.65. The molecular formula is C11H18N2S. The summed E-state index contributed by atoms with van der Waals surface area (Å²) in [5.41, 5.74) is 1.16. The largest absolute Gasteiger partial charge is 0.313 e. The molecule has 3 heteroatoms. The number of hydrogen-bond donors (Lipinski definition) is 1. The zero-order valence-electron chi connectivity index (χ0n) is 8.86. The molecule has 0 aliphatic rings. The van der Waals surface area contributed by atoms with E-state index in [9.17, 15) is 0 Å². The Labute approximate surface area is 90.5 Å². The molecule has 14 heavy (non-hydrogen) atoms. The summed E-state index contributed by atoms with van der Waals surface area (Å²) >= 11 is 1.88. The third-order valence-corrected chi connectivity index (χ3v) is 2.85. The van der Waals surface area contributed by atoms with E-state index in [1.807, 2.05) is 30.1 Å². The molecule has 1 N–H and O–H groups in total. The van der Waals surface area contributed by atoms with Gasteiger partial charge in [0.2, 0.25) is 0 Å². The highest BCUT2D eigenvalue weighted by molar-refractivity contribution is 7.98. The van der Waals surface area contributed by atoms with Crippen molar-refractivity contribution in [1.82, 2.24) is 10.3 Å². The van der Waals surface area contributed by atoms with Crippen LogP contribution in [0.15, 0.2) is 24.4 Å². The van der Waals surface area contributed by atoms with Crippen molar-refractivity contribution < 1.29 is 0 Å². The number of pyridine rings is 1. The molecule has 1 heterocycles. The molecule has 1 rings (SSSR count). The minimum Gasteiger partial charge on any atom is -0.313 e. The van der Waals surface area contributed by atoms with Gasteiger partial charge < -0.3 is 5.32 Å². The van der Waals surface area contributed by atoms with Crippen LogP contribution < -0.4 is 5.32 Å². The average molecular weight is 210 g/mol. The quantitative estimate of drug-likeness (QED) is 0.777. The van der Waals surface area contributed by atoms with Gasteiger partial charge in [0.1, 0.15) is 0 Å². The number of nitrogens with zero attached hydrogens (tertiary/aromatic N) is 1. The van der Waals surface area contributed by atoms with Crippen LogP contribution in [0.25, 0.3) is 0 Å². The Morgan fingerprint density at radius 3 is 3.00 bits per heavy atom. The molecule has 78 valence electrons. The van der Waals surface area contributed by atoms with E-state index < -0.39 is 0 Å². The predicted octanol–water partition coefficient (Wildman–Crippen LogP) is 1.97. The fourth-order valence-electron chi connectivity index (χ4n) is 1.30. The molecule has 0 saturated carbocycles. The summed E-state index contributed by atoms with van der Waals surface area (Å²) in [7, 11) is 0. The van der Waals surface area contributed by atoms with E-state index in [-0.39, 0.29) is 0 Å². The first-order valence-electron chi connectivity index (χ1n) is 4.95. The maximum absolute atomic E-state index is 4.28. The fourth-order valence-corrected chi connectivity index (χ4v) is 1.92. The molecule has 2 nitrogen and oxygen atoms in total. The maximum Gasteiger partial charge on any atom is 0.0416 e. The number of nitrogens with one attached hydrogen (secondary N) is 1. The third-order valence-electron chi connectivity index (χ3n) is 2.02. The zero-order valence-corrected chi connectivity index (χ0v) is 9.68. The summed E-state index contributed by atoms with van der Waals surface area (Å²) in [6.07, 6.45) is 5.00. The van der Waals surface area contributed by atoms with Crippen LogP contribution in [0, 0.1) is 0 Å². The van der Waals surface area contributed by atoms with E-state index in [1.165, 1.54) is 5.75 Å². The van der Waals surface area contributed by atoms with E-state index in [4.69, 9.17) is 0 Å². The van der Waals surface area contributed by atoms with Gasteiger partial charge in [-0.25, -0.2) is 0 Å². The summed E-state index contributed by atoms with van der Waals surface area (Å²) in [6.45, 7) is 3.23. The summed E-state index contributed by atoms with van der Waals surface area (Å²) in [5, 5.41) is 3.47. The summed E-state index contributed by atoms with van der Waals surface area (Å²) < 4.78 is 0. The van der Waals surface area contributed by atoms with Crippen LogP contribution in [0.3, 0.4) is 0 Å². The Hall–Kier alpha value is -0.540. The Balaban J connectivity index is 2.16. The van der Waals surface area contributed by atoms with Crippen molar-refractivity contribution in [3.63, 3.8) is 0 Å². The Morgan fingerprint density at radius 1 is 1.50 bits per heavy atom. The smallest absolute Gasteiger partial charge is 0.0416 e. The van der Waals surface area contributed by atoms with Crippen LogP contribution in [0.2, 0.25) is 0 Å². The predicted molar refractivity (Wildman–Crippen MR) is 63.8 cm³/mol. The van der Waals surface area contributed by atoms with Crippen molar-refractivity contribution in [3.05, 3.63) is 30.1 Å². The second-order valence-corrected chi connectivity index (χ2v) is 4.29. The molecule has 0 aromatic carbocycles. The van der Waals surface area contributed by atoms with Gasteiger partial charge in [-0.1, -0.05) is 6.07 Å². The van der Waals surface area contributed by atoms with Crippen LogP contribution >= 0.6 is 11.8 Å². The highest BCUT2D eigenvalue weighted by Crippen LogP contribution is 1.97. The zero-order chi connectivity index (χ0) is 10.2.